The first-order chi connectivity index (χ1) is 8.58. The van der Waals surface area contributed by atoms with Crippen LogP contribution in [0.1, 0.15) is 10.5 Å². The molecule has 18 heavy (non-hydrogen) atoms. The molecule has 2 heterocycles. The van der Waals surface area contributed by atoms with Crippen LogP contribution in [0.4, 0.5) is 17.3 Å². The van der Waals surface area contributed by atoms with Crippen molar-refractivity contribution in [3.8, 4) is 0 Å². The first kappa shape index (κ1) is 11.8. The number of anilines is 3. The highest BCUT2D eigenvalue weighted by molar-refractivity contribution is 6.05. The number of nitrogens with two attached hydrogens (primary N) is 1. The van der Waals surface area contributed by atoms with Gasteiger partial charge in [0, 0.05) is 14.1 Å². The first-order valence-corrected chi connectivity index (χ1v) is 5.10. The van der Waals surface area contributed by atoms with Crippen LogP contribution in [-0.2, 0) is 0 Å². The fourth-order valence-corrected chi connectivity index (χ4v) is 1.27. The lowest BCUT2D eigenvalue weighted by molar-refractivity contribution is 0.101. The van der Waals surface area contributed by atoms with Crippen LogP contribution in [0.25, 0.3) is 0 Å². The second kappa shape index (κ2) is 4.70. The molecule has 8 nitrogen and oxygen atoms in total. The summed E-state index contributed by atoms with van der Waals surface area (Å²) in [5.41, 5.74) is 5.89. The maximum absolute atomic E-state index is 11.7. The molecule has 8 heteroatoms. The third kappa shape index (κ3) is 2.37. The summed E-state index contributed by atoms with van der Waals surface area (Å²) >= 11 is 0. The van der Waals surface area contributed by atoms with Gasteiger partial charge in [-0.25, -0.2) is 9.61 Å². The van der Waals surface area contributed by atoms with Crippen molar-refractivity contribution in [3.05, 3.63) is 24.0 Å². The zero-order chi connectivity index (χ0) is 13.1. The largest absolute Gasteiger partial charge is 0.379 e. The minimum absolute atomic E-state index is 0.0494. The Bertz CT molecular complexity index is 548. The van der Waals surface area contributed by atoms with E-state index in [9.17, 15) is 4.79 Å². The Labute approximate surface area is 103 Å². The standard InChI is InChI=1S/C10H12N6O2/c1-16(2)7-4-3-6(5-12-7)13-10(17)8-9(11)15-18-14-8/h3-5H,1-2H3,(H2,11,15)(H,13,17). The number of nitrogens with one attached hydrogen (secondary N) is 1. The Morgan fingerprint density at radius 3 is 2.67 bits per heavy atom. The van der Waals surface area contributed by atoms with Crippen molar-refractivity contribution in [1.29, 1.82) is 0 Å². The summed E-state index contributed by atoms with van der Waals surface area (Å²) in [5, 5.41) is 9.32. The molecule has 1 amide bonds. The third-order valence-corrected chi connectivity index (χ3v) is 2.19. The maximum atomic E-state index is 11.7. The van der Waals surface area contributed by atoms with Crippen molar-refractivity contribution < 1.29 is 9.42 Å². The minimum atomic E-state index is -0.492. The van der Waals surface area contributed by atoms with E-state index in [-0.39, 0.29) is 11.5 Å². The zero-order valence-electron chi connectivity index (χ0n) is 9.91. The highest BCUT2D eigenvalue weighted by Crippen LogP contribution is 2.13. The van der Waals surface area contributed by atoms with E-state index < -0.39 is 5.91 Å². The number of hydrogen-bond donors (Lipinski definition) is 2. The maximum Gasteiger partial charge on any atom is 0.281 e. The van der Waals surface area contributed by atoms with Crippen molar-refractivity contribution in [2.45, 2.75) is 0 Å². The fraction of sp³-hybridized carbons (Fsp3) is 0.200. The molecule has 0 aliphatic carbocycles. The lowest BCUT2D eigenvalue weighted by atomic mass is 10.3. The SMILES string of the molecule is CN(C)c1ccc(NC(=O)c2nonc2N)cn1. The molecule has 2 aromatic heterocycles. The molecule has 0 spiro atoms. The van der Waals surface area contributed by atoms with Gasteiger partial charge in [0.1, 0.15) is 5.82 Å². The Hall–Kier alpha value is -2.64. The van der Waals surface area contributed by atoms with Gasteiger partial charge in [-0.3, -0.25) is 4.79 Å². The van der Waals surface area contributed by atoms with E-state index in [1.807, 2.05) is 19.0 Å². The fourth-order valence-electron chi connectivity index (χ4n) is 1.27. The van der Waals surface area contributed by atoms with E-state index in [4.69, 9.17) is 5.73 Å². The Kier molecular flexibility index (Phi) is 3.09. The van der Waals surface area contributed by atoms with Gasteiger partial charge in [-0.15, -0.1) is 0 Å². The van der Waals surface area contributed by atoms with Crippen LogP contribution < -0.4 is 16.0 Å². The highest BCUT2D eigenvalue weighted by atomic mass is 16.6. The van der Waals surface area contributed by atoms with Crippen molar-refractivity contribution >= 4 is 23.2 Å². The monoisotopic (exact) mass is 248 g/mol. The molecule has 0 unspecified atom stereocenters. The van der Waals surface area contributed by atoms with E-state index in [1.165, 1.54) is 6.20 Å². The number of carbonyl (C=O) groups is 1. The number of pyridine rings is 1. The van der Waals surface area contributed by atoms with Crippen LogP contribution in [0.3, 0.4) is 0 Å². The molecule has 2 rings (SSSR count). The van der Waals surface area contributed by atoms with Gasteiger partial charge in [0.05, 0.1) is 11.9 Å². The molecule has 94 valence electrons. The number of nitrogen functional groups attached to an aromatic ring is 1. The topological polar surface area (TPSA) is 110 Å². The minimum Gasteiger partial charge on any atom is -0.379 e. The van der Waals surface area contributed by atoms with E-state index in [1.54, 1.807) is 12.1 Å². The van der Waals surface area contributed by atoms with E-state index >= 15 is 0 Å². The first-order valence-electron chi connectivity index (χ1n) is 5.10. The van der Waals surface area contributed by atoms with Gasteiger partial charge in [-0.1, -0.05) is 0 Å². The lowest BCUT2D eigenvalue weighted by Crippen LogP contribution is -2.15. The molecule has 0 saturated carbocycles. The average molecular weight is 248 g/mol. The Balaban J connectivity index is 2.10. The van der Waals surface area contributed by atoms with E-state index in [2.05, 4.69) is 25.2 Å². The Morgan fingerprint density at radius 1 is 1.39 bits per heavy atom. The highest BCUT2D eigenvalue weighted by Gasteiger charge is 2.16. The average Bonchev–Trinajstić information content (AvgIpc) is 2.76. The predicted octanol–water partition coefficient (Wildman–Crippen LogP) is 0.365. The number of hydrogen-bond acceptors (Lipinski definition) is 7. The van der Waals surface area contributed by atoms with Crippen LogP contribution in [0.15, 0.2) is 23.0 Å². The van der Waals surface area contributed by atoms with Gasteiger partial charge in [0.25, 0.3) is 5.91 Å². The van der Waals surface area contributed by atoms with Crippen molar-refractivity contribution in [3.63, 3.8) is 0 Å². The normalized spacial score (nSPS) is 10.1. The summed E-state index contributed by atoms with van der Waals surface area (Å²) in [6.07, 6.45) is 1.54. The van der Waals surface area contributed by atoms with Gasteiger partial charge in [0.15, 0.2) is 0 Å². The van der Waals surface area contributed by atoms with Gasteiger partial charge in [-0.2, -0.15) is 0 Å². The van der Waals surface area contributed by atoms with Crippen LogP contribution in [0.5, 0.6) is 0 Å². The van der Waals surface area contributed by atoms with Gasteiger partial charge < -0.3 is 16.0 Å². The summed E-state index contributed by atoms with van der Waals surface area (Å²) < 4.78 is 4.35. The number of carbonyl (C=O) groups excluding carboxylic acids is 1. The molecule has 0 atom stereocenters. The smallest absolute Gasteiger partial charge is 0.281 e. The summed E-state index contributed by atoms with van der Waals surface area (Å²) in [4.78, 5) is 17.7. The zero-order valence-corrected chi connectivity index (χ0v) is 9.91. The summed E-state index contributed by atoms with van der Waals surface area (Å²) in [6.45, 7) is 0. The molecule has 0 aliphatic heterocycles. The molecular weight excluding hydrogens is 236 g/mol. The van der Waals surface area contributed by atoms with Gasteiger partial charge in [-0.05, 0) is 22.4 Å². The second-order valence-electron chi connectivity index (χ2n) is 3.75. The molecule has 0 saturated heterocycles. The van der Waals surface area contributed by atoms with Gasteiger partial charge in [0.2, 0.25) is 11.5 Å². The van der Waals surface area contributed by atoms with Crippen LogP contribution in [0, 0.1) is 0 Å². The Morgan fingerprint density at radius 2 is 2.17 bits per heavy atom. The third-order valence-electron chi connectivity index (χ3n) is 2.19. The van der Waals surface area contributed by atoms with Crippen molar-refractivity contribution in [2.24, 2.45) is 0 Å². The molecule has 0 radical (unpaired) electrons. The molecule has 0 aliphatic rings. The second-order valence-corrected chi connectivity index (χ2v) is 3.75. The van der Waals surface area contributed by atoms with E-state index in [0.717, 1.165) is 5.82 Å². The van der Waals surface area contributed by atoms with Crippen LogP contribution in [-0.4, -0.2) is 35.3 Å². The van der Waals surface area contributed by atoms with Crippen LogP contribution >= 0.6 is 0 Å². The van der Waals surface area contributed by atoms with Crippen molar-refractivity contribution in [2.75, 3.05) is 30.0 Å². The summed E-state index contributed by atoms with van der Waals surface area (Å²) in [6, 6.07) is 3.50. The van der Waals surface area contributed by atoms with Crippen LogP contribution in [0.2, 0.25) is 0 Å². The molecule has 3 N–H and O–H groups in total. The molecule has 0 bridgehead atoms. The summed E-state index contributed by atoms with van der Waals surface area (Å²) in [5.74, 6) is 0.245. The molecule has 0 aromatic carbocycles. The van der Waals surface area contributed by atoms with E-state index in [0.29, 0.717) is 5.69 Å². The molecule has 0 fully saturated rings. The molecule has 2 aromatic rings. The number of aromatic nitrogens is 3. The van der Waals surface area contributed by atoms with Crippen molar-refractivity contribution in [1.82, 2.24) is 15.3 Å². The number of amides is 1. The quantitative estimate of drug-likeness (QED) is 0.807. The number of nitrogens with zero attached hydrogens (tertiary/aromatic N) is 4. The predicted molar refractivity (Wildman–Crippen MR) is 65.2 cm³/mol. The van der Waals surface area contributed by atoms with Gasteiger partial charge >= 0.3 is 0 Å². The number of rotatable bonds is 3. The lowest BCUT2D eigenvalue weighted by Gasteiger charge is -2.11. The summed E-state index contributed by atoms with van der Waals surface area (Å²) in [7, 11) is 3.75. The molecular formula is C10H12N6O2.